The van der Waals surface area contributed by atoms with Crippen LogP contribution in [0.25, 0.3) is 5.70 Å². The molecule has 2 heterocycles. The number of allylic oxidation sites excluding steroid dienone is 1. The van der Waals surface area contributed by atoms with Crippen LogP contribution in [-0.4, -0.2) is 4.98 Å². The van der Waals surface area contributed by atoms with Crippen molar-refractivity contribution in [1.82, 2.24) is 10.3 Å². The maximum absolute atomic E-state index is 4.07. The van der Waals surface area contributed by atoms with Gasteiger partial charge in [-0.3, -0.25) is 4.98 Å². The maximum Gasteiger partial charge on any atom is 0.0417 e. The molecule has 0 amide bonds. The molecule has 3 heteroatoms. The first-order chi connectivity index (χ1) is 10.2. The molecule has 1 aliphatic heterocycles. The second-order valence-corrected chi connectivity index (χ2v) is 5.29. The van der Waals surface area contributed by atoms with E-state index in [1.165, 1.54) is 16.8 Å². The van der Waals surface area contributed by atoms with Gasteiger partial charge in [0.1, 0.15) is 0 Å². The van der Waals surface area contributed by atoms with Crippen LogP contribution < -0.4 is 10.6 Å². The van der Waals surface area contributed by atoms with E-state index >= 15 is 0 Å². The van der Waals surface area contributed by atoms with Crippen molar-refractivity contribution >= 4 is 11.4 Å². The third kappa shape index (κ3) is 3.14. The molecule has 3 rings (SSSR count). The largest absolute Gasteiger partial charge is 0.381 e. The second kappa shape index (κ2) is 5.83. The highest BCUT2D eigenvalue weighted by atomic mass is 14.9. The average molecular weight is 277 g/mol. The van der Waals surface area contributed by atoms with E-state index in [1.807, 2.05) is 12.1 Å². The van der Waals surface area contributed by atoms with Gasteiger partial charge in [-0.1, -0.05) is 25.3 Å². The summed E-state index contributed by atoms with van der Waals surface area (Å²) in [5.41, 5.74) is 6.83. The van der Waals surface area contributed by atoms with Crippen molar-refractivity contribution < 1.29 is 0 Å². The van der Waals surface area contributed by atoms with E-state index in [4.69, 9.17) is 0 Å². The summed E-state index contributed by atoms with van der Waals surface area (Å²) < 4.78 is 0. The Morgan fingerprint density at radius 3 is 2.81 bits per heavy atom. The normalized spacial score (nSPS) is 13.2. The summed E-state index contributed by atoms with van der Waals surface area (Å²) in [5, 5.41) is 6.73. The maximum atomic E-state index is 4.07. The fourth-order valence-corrected chi connectivity index (χ4v) is 2.47. The highest BCUT2D eigenvalue weighted by Crippen LogP contribution is 2.27. The van der Waals surface area contributed by atoms with E-state index in [1.54, 1.807) is 12.4 Å². The standard InChI is InChI=1S/C18H19N3/c1-13-3-5-17-6-4-15(11-18(17)21-13)12-20-14(2)16-7-9-19-10-8-16/h4,6-11,20-21H,1-3,5,12H2. The first kappa shape index (κ1) is 13.4. The van der Waals surface area contributed by atoms with E-state index < -0.39 is 0 Å². The molecule has 0 radical (unpaired) electrons. The van der Waals surface area contributed by atoms with Gasteiger partial charge in [-0.05, 0) is 42.2 Å². The Balaban J connectivity index is 1.67. The van der Waals surface area contributed by atoms with Crippen molar-refractivity contribution in [2.75, 3.05) is 5.32 Å². The number of hydrogen-bond donors (Lipinski definition) is 2. The Labute approximate surface area is 125 Å². The van der Waals surface area contributed by atoms with E-state index in [-0.39, 0.29) is 0 Å². The first-order valence-electron chi connectivity index (χ1n) is 7.12. The second-order valence-electron chi connectivity index (χ2n) is 5.29. The molecule has 0 fully saturated rings. The fraction of sp³-hybridized carbons (Fsp3) is 0.167. The number of nitrogens with zero attached hydrogens (tertiary/aromatic N) is 1. The van der Waals surface area contributed by atoms with Gasteiger partial charge in [0.2, 0.25) is 0 Å². The molecule has 0 spiro atoms. The van der Waals surface area contributed by atoms with Crippen molar-refractivity contribution in [1.29, 1.82) is 0 Å². The molecule has 1 aromatic carbocycles. The van der Waals surface area contributed by atoms with E-state index in [2.05, 4.69) is 47.0 Å². The quantitative estimate of drug-likeness (QED) is 0.894. The summed E-state index contributed by atoms with van der Waals surface area (Å²) in [7, 11) is 0. The third-order valence-corrected chi connectivity index (χ3v) is 3.72. The number of pyridine rings is 1. The molecule has 2 N–H and O–H groups in total. The number of fused-ring (bicyclic) bond motifs is 1. The highest BCUT2D eigenvalue weighted by Gasteiger charge is 2.11. The third-order valence-electron chi connectivity index (χ3n) is 3.72. The minimum Gasteiger partial charge on any atom is -0.381 e. The molecule has 0 saturated heterocycles. The van der Waals surface area contributed by atoms with Crippen molar-refractivity contribution in [2.24, 2.45) is 0 Å². The van der Waals surface area contributed by atoms with E-state index in [0.717, 1.165) is 36.3 Å². The van der Waals surface area contributed by atoms with Gasteiger partial charge in [0.05, 0.1) is 0 Å². The van der Waals surface area contributed by atoms with Crippen molar-refractivity contribution in [3.05, 3.63) is 78.3 Å². The Hall–Kier alpha value is -2.55. The summed E-state index contributed by atoms with van der Waals surface area (Å²) >= 11 is 0. The molecule has 3 nitrogen and oxygen atoms in total. The zero-order valence-electron chi connectivity index (χ0n) is 12.0. The molecule has 1 aromatic heterocycles. The monoisotopic (exact) mass is 277 g/mol. The minimum absolute atomic E-state index is 0.753. The van der Waals surface area contributed by atoms with E-state index in [9.17, 15) is 0 Å². The molecule has 1 aliphatic rings. The van der Waals surface area contributed by atoms with Gasteiger partial charge in [-0.15, -0.1) is 0 Å². The Morgan fingerprint density at radius 1 is 1.19 bits per heavy atom. The molecule has 0 aliphatic carbocycles. The summed E-state index contributed by atoms with van der Waals surface area (Å²) in [4.78, 5) is 4.02. The molecule has 0 bridgehead atoms. The lowest BCUT2D eigenvalue weighted by Gasteiger charge is -2.21. The van der Waals surface area contributed by atoms with Crippen molar-refractivity contribution in [3.8, 4) is 0 Å². The van der Waals surface area contributed by atoms with Gasteiger partial charge in [-0.2, -0.15) is 0 Å². The predicted molar refractivity (Wildman–Crippen MR) is 87.6 cm³/mol. The topological polar surface area (TPSA) is 37.0 Å². The average Bonchev–Trinajstić information content (AvgIpc) is 2.53. The number of anilines is 1. The molecule has 0 atom stereocenters. The van der Waals surface area contributed by atoms with Gasteiger partial charge in [0.15, 0.2) is 0 Å². The summed E-state index contributed by atoms with van der Waals surface area (Å²) in [5.74, 6) is 0. The Bertz CT molecular complexity index is 674. The molecular formula is C18H19N3. The predicted octanol–water partition coefficient (Wildman–Crippen LogP) is 3.71. The number of rotatable bonds is 4. The smallest absolute Gasteiger partial charge is 0.0417 e. The van der Waals surface area contributed by atoms with E-state index in [0.29, 0.717) is 0 Å². The van der Waals surface area contributed by atoms with Gasteiger partial charge in [0, 0.05) is 41.6 Å². The Morgan fingerprint density at radius 2 is 2.00 bits per heavy atom. The summed E-state index contributed by atoms with van der Waals surface area (Å²) in [6.07, 6.45) is 5.63. The van der Waals surface area contributed by atoms with Crippen LogP contribution in [0.1, 0.15) is 23.1 Å². The molecular weight excluding hydrogens is 258 g/mol. The summed E-state index contributed by atoms with van der Waals surface area (Å²) in [6.45, 7) is 8.83. The van der Waals surface area contributed by atoms with Crippen LogP contribution in [0.5, 0.6) is 0 Å². The molecule has 21 heavy (non-hydrogen) atoms. The van der Waals surface area contributed by atoms with Crippen LogP contribution in [0, 0.1) is 0 Å². The number of benzene rings is 1. The zero-order valence-corrected chi connectivity index (χ0v) is 12.0. The lowest BCUT2D eigenvalue weighted by atomic mass is 9.99. The van der Waals surface area contributed by atoms with Gasteiger partial charge in [-0.25, -0.2) is 0 Å². The highest BCUT2D eigenvalue weighted by molar-refractivity contribution is 5.62. The van der Waals surface area contributed by atoms with Crippen LogP contribution in [0.2, 0.25) is 0 Å². The molecule has 106 valence electrons. The fourth-order valence-electron chi connectivity index (χ4n) is 2.47. The van der Waals surface area contributed by atoms with Crippen LogP contribution in [-0.2, 0) is 13.0 Å². The number of nitrogens with one attached hydrogen (secondary N) is 2. The lowest BCUT2D eigenvalue weighted by molar-refractivity contribution is 0.879. The van der Waals surface area contributed by atoms with Crippen molar-refractivity contribution in [3.63, 3.8) is 0 Å². The van der Waals surface area contributed by atoms with Crippen molar-refractivity contribution in [2.45, 2.75) is 19.4 Å². The minimum atomic E-state index is 0.753. The van der Waals surface area contributed by atoms with Crippen LogP contribution in [0.15, 0.2) is 61.6 Å². The molecule has 0 unspecified atom stereocenters. The van der Waals surface area contributed by atoms with Crippen LogP contribution >= 0.6 is 0 Å². The molecule has 0 saturated carbocycles. The van der Waals surface area contributed by atoms with Gasteiger partial charge in [0.25, 0.3) is 0 Å². The first-order valence-corrected chi connectivity index (χ1v) is 7.12. The summed E-state index contributed by atoms with van der Waals surface area (Å²) in [6, 6.07) is 10.5. The van der Waals surface area contributed by atoms with Crippen LogP contribution in [0.4, 0.5) is 5.69 Å². The zero-order chi connectivity index (χ0) is 14.7. The Kier molecular flexibility index (Phi) is 3.73. The lowest BCUT2D eigenvalue weighted by Crippen LogP contribution is -2.13. The number of aromatic nitrogens is 1. The van der Waals surface area contributed by atoms with Gasteiger partial charge >= 0.3 is 0 Å². The van der Waals surface area contributed by atoms with Crippen LogP contribution in [0.3, 0.4) is 0 Å². The van der Waals surface area contributed by atoms with Gasteiger partial charge < -0.3 is 10.6 Å². The number of hydrogen-bond acceptors (Lipinski definition) is 3. The molecule has 2 aromatic rings. The SMILES string of the molecule is C=C1CCc2ccc(CNC(=C)c3ccncc3)cc2N1. The number of aryl methyl sites for hydroxylation is 1.